The number of nitrogens with two attached hydrogens (primary N) is 1. The lowest BCUT2D eigenvalue weighted by Crippen LogP contribution is -2.28. The molecule has 9 rings (SSSR count). The number of fused-ring (bicyclic) bond motifs is 2. The van der Waals surface area contributed by atoms with E-state index in [0.29, 0.717) is 34.5 Å². The van der Waals surface area contributed by atoms with Crippen molar-refractivity contribution in [3.63, 3.8) is 0 Å². The van der Waals surface area contributed by atoms with E-state index in [-0.39, 0.29) is 23.3 Å². The minimum Gasteiger partial charge on any atom is -0.341 e. The molecule has 0 atom stereocenters. The smallest absolute Gasteiger partial charge is 0.224 e. The highest BCUT2D eigenvalue weighted by Gasteiger charge is 2.20. The molecule has 0 aliphatic carbocycles. The van der Waals surface area contributed by atoms with Crippen LogP contribution in [0.5, 0.6) is 0 Å². The summed E-state index contributed by atoms with van der Waals surface area (Å²) in [5, 5.41) is 7.80. The van der Waals surface area contributed by atoms with Crippen LogP contribution in [0, 0.1) is 0 Å². The molecule has 63 heavy (non-hydrogen) atoms. The molecule has 0 saturated heterocycles. The topological polar surface area (TPSA) is 140 Å². The van der Waals surface area contributed by atoms with Gasteiger partial charge < -0.3 is 21.3 Å². The lowest BCUT2D eigenvalue weighted by Gasteiger charge is -2.24. The first kappa shape index (κ1) is 43.0. The SMILES string of the molecule is CC.CC(=O)N(Cc1cncc2c(=O)cc(Nc3ccccc3)n(-c3ccccc3)c12)c1ccccc1.NCc1cncc2c(=O)cc(Nc3ccccc3)n(-c3ccccc3)c12. The second-order valence-corrected chi connectivity index (χ2v) is 14.1. The van der Waals surface area contributed by atoms with Gasteiger partial charge in [0.15, 0.2) is 10.9 Å². The zero-order chi connectivity index (χ0) is 44.1. The first-order valence-corrected chi connectivity index (χ1v) is 20.7. The van der Waals surface area contributed by atoms with Gasteiger partial charge in [0, 0.05) is 90.0 Å². The molecule has 0 fully saturated rings. The standard InChI is InChI=1S/C29H24N4O2.C21H18N4O.C2H6/c1-21(34)32(24-13-7-3-8-14-24)20-22-18-30-19-26-27(35)17-28(31-23-11-5-2-6-12-23)33(29(22)26)25-15-9-4-10-16-25;22-12-15-13-23-14-18-19(26)11-20(24-16-7-3-1-4-8-16)25(21(15)18)17-9-5-2-6-10-17;1-2/h2-19,31H,20H2,1H3;1-11,13-14,24H,12,22H2;1-2H3. The van der Waals surface area contributed by atoms with Crippen molar-refractivity contribution in [2.45, 2.75) is 33.9 Å². The maximum Gasteiger partial charge on any atom is 0.224 e. The van der Waals surface area contributed by atoms with E-state index in [1.54, 1.807) is 41.8 Å². The molecule has 1 amide bonds. The first-order valence-electron chi connectivity index (χ1n) is 20.7. The number of carbonyl (C=O) groups excluding carboxylic acids is 1. The van der Waals surface area contributed by atoms with Crippen molar-refractivity contribution in [3.05, 3.63) is 220 Å². The Kier molecular flexibility index (Phi) is 13.9. The van der Waals surface area contributed by atoms with E-state index in [2.05, 4.69) is 20.6 Å². The number of nitrogens with one attached hydrogen (secondary N) is 2. The van der Waals surface area contributed by atoms with Crippen molar-refractivity contribution >= 4 is 56.4 Å². The zero-order valence-electron chi connectivity index (χ0n) is 35.4. The number of pyridine rings is 4. The van der Waals surface area contributed by atoms with E-state index in [0.717, 1.165) is 45.1 Å². The highest BCUT2D eigenvalue weighted by atomic mass is 16.2. The normalized spacial score (nSPS) is 10.5. The van der Waals surface area contributed by atoms with Crippen LogP contribution in [0.2, 0.25) is 0 Å². The summed E-state index contributed by atoms with van der Waals surface area (Å²) in [5.74, 6) is 1.21. The number of carbonyl (C=O) groups is 1. The van der Waals surface area contributed by atoms with Crippen LogP contribution < -0.4 is 32.1 Å². The molecule has 11 nitrogen and oxygen atoms in total. The van der Waals surface area contributed by atoms with Crippen molar-refractivity contribution < 1.29 is 4.79 Å². The second-order valence-electron chi connectivity index (χ2n) is 14.1. The molecule has 11 heteroatoms. The molecule has 314 valence electrons. The Morgan fingerprint density at radius 3 is 1.35 bits per heavy atom. The van der Waals surface area contributed by atoms with Crippen LogP contribution in [-0.2, 0) is 17.9 Å². The van der Waals surface area contributed by atoms with Crippen LogP contribution in [0.25, 0.3) is 33.2 Å². The lowest BCUT2D eigenvalue weighted by molar-refractivity contribution is -0.116. The molecule has 5 aromatic carbocycles. The number of hydrogen-bond acceptors (Lipinski definition) is 8. The summed E-state index contributed by atoms with van der Waals surface area (Å²) in [6, 6.07) is 51.9. The molecule has 0 saturated carbocycles. The van der Waals surface area contributed by atoms with Crippen LogP contribution in [0.15, 0.2) is 198 Å². The van der Waals surface area contributed by atoms with Gasteiger partial charge in [-0.1, -0.05) is 105 Å². The fourth-order valence-corrected chi connectivity index (χ4v) is 7.30. The van der Waals surface area contributed by atoms with E-state index in [4.69, 9.17) is 5.73 Å². The Labute approximate surface area is 365 Å². The average Bonchev–Trinajstić information content (AvgIpc) is 3.33. The van der Waals surface area contributed by atoms with Gasteiger partial charge in [0.05, 0.1) is 28.4 Å². The Balaban J connectivity index is 0.000000189. The number of anilines is 5. The summed E-state index contributed by atoms with van der Waals surface area (Å²) in [6.45, 7) is 6.11. The number of hydrogen-bond donors (Lipinski definition) is 3. The van der Waals surface area contributed by atoms with E-state index in [9.17, 15) is 14.4 Å². The van der Waals surface area contributed by atoms with Gasteiger partial charge in [0.25, 0.3) is 0 Å². The van der Waals surface area contributed by atoms with Gasteiger partial charge in [0.1, 0.15) is 11.6 Å². The summed E-state index contributed by atoms with van der Waals surface area (Å²) in [6.07, 6.45) is 6.63. The third-order valence-electron chi connectivity index (χ3n) is 10.1. The first-order chi connectivity index (χ1) is 30.9. The van der Waals surface area contributed by atoms with E-state index >= 15 is 0 Å². The zero-order valence-corrected chi connectivity index (χ0v) is 35.4. The highest BCUT2D eigenvalue weighted by molar-refractivity contribution is 5.93. The quantitative estimate of drug-likeness (QED) is 0.124. The van der Waals surface area contributed by atoms with E-state index in [1.165, 1.54) is 6.92 Å². The van der Waals surface area contributed by atoms with Gasteiger partial charge in [0.2, 0.25) is 5.91 Å². The molecule has 0 spiro atoms. The van der Waals surface area contributed by atoms with Crippen molar-refractivity contribution in [2.75, 3.05) is 15.5 Å². The second kappa shape index (κ2) is 20.4. The minimum absolute atomic E-state index is 0.0894. The summed E-state index contributed by atoms with van der Waals surface area (Å²) in [4.78, 5) is 48.8. The highest BCUT2D eigenvalue weighted by Crippen LogP contribution is 2.30. The number of rotatable bonds is 10. The minimum atomic E-state index is -0.144. The molecular weight excluding hydrogens is 785 g/mol. The van der Waals surface area contributed by atoms with Crippen molar-refractivity contribution in [3.8, 4) is 11.4 Å². The fraction of sp³-hybridized carbons (Fsp3) is 0.0962. The number of amides is 1. The Morgan fingerprint density at radius 1 is 0.556 bits per heavy atom. The monoisotopic (exact) mass is 832 g/mol. The van der Waals surface area contributed by atoms with Gasteiger partial charge in [-0.25, -0.2) is 0 Å². The third kappa shape index (κ3) is 9.75. The van der Waals surface area contributed by atoms with Gasteiger partial charge in [-0.15, -0.1) is 0 Å². The van der Waals surface area contributed by atoms with Crippen molar-refractivity contribution in [1.82, 2.24) is 19.1 Å². The summed E-state index contributed by atoms with van der Waals surface area (Å²) in [5.41, 5.74) is 13.1. The predicted molar refractivity (Wildman–Crippen MR) is 257 cm³/mol. The molecule has 0 aliphatic heterocycles. The molecule has 0 radical (unpaired) electrons. The summed E-state index contributed by atoms with van der Waals surface area (Å²) < 4.78 is 4.04. The number of aromatic nitrogens is 4. The molecule has 4 N–H and O–H groups in total. The maximum absolute atomic E-state index is 13.2. The van der Waals surface area contributed by atoms with Crippen molar-refractivity contribution in [1.29, 1.82) is 0 Å². The largest absolute Gasteiger partial charge is 0.341 e. The molecule has 9 aromatic rings. The van der Waals surface area contributed by atoms with Gasteiger partial charge in [-0.2, -0.15) is 0 Å². The maximum atomic E-state index is 13.2. The molecule has 4 heterocycles. The van der Waals surface area contributed by atoms with Crippen LogP contribution in [0.4, 0.5) is 28.7 Å². The average molecular weight is 833 g/mol. The van der Waals surface area contributed by atoms with Crippen LogP contribution in [0.3, 0.4) is 0 Å². The summed E-state index contributed by atoms with van der Waals surface area (Å²) >= 11 is 0. The molecule has 0 unspecified atom stereocenters. The third-order valence-corrected chi connectivity index (χ3v) is 10.1. The van der Waals surface area contributed by atoms with Crippen LogP contribution in [0.1, 0.15) is 31.9 Å². The van der Waals surface area contributed by atoms with Gasteiger partial charge in [-0.05, 0) is 60.7 Å². The molecule has 0 aliphatic rings. The van der Waals surface area contributed by atoms with Gasteiger partial charge in [-0.3, -0.25) is 33.5 Å². The molecule has 4 aromatic heterocycles. The lowest BCUT2D eigenvalue weighted by atomic mass is 10.1. The van der Waals surface area contributed by atoms with Gasteiger partial charge >= 0.3 is 0 Å². The Hall–Kier alpha value is -8.15. The van der Waals surface area contributed by atoms with E-state index in [1.807, 2.05) is 175 Å². The predicted octanol–water partition coefficient (Wildman–Crippen LogP) is 10.3. The number of nitrogens with zero attached hydrogens (tertiary/aromatic N) is 5. The number of benzene rings is 5. The van der Waals surface area contributed by atoms with Crippen molar-refractivity contribution in [2.24, 2.45) is 5.73 Å². The molecule has 0 bridgehead atoms. The Morgan fingerprint density at radius 2 is 0.937 bits per heavy atom. The summed E-state index contributed by atoms with van der Waals surface area (Å²) in [7, 11) is 0. The Bertz CT molecular complexity index is 3050. The molecular formula is C52H48N8O3. The van der Waals surface area contributed by atoms with Crippen LogP contribution >= 0.6 is 0 Å². The van der Waals surface area contributed by atoms with E-state index < -0.39 is 0 Å². The van der Waals surface area contributed by atoms with Crippen LogP contribution in [-0.4, -0.2) is 25.0 Å². The fourth-order valence-electron chi connectivity index (χ4n) is 7.30. The number of para-hydroxylation sites is 5.